The molecule has 0 aromatic rings. The van der Waals surface area contributed by atoms with E-state index in [2.05, 4.69) is 0 Å². The minimum absolute atomic E-state index is 0. The van der Waals surface area contributed by atoms with Crippen LogP contribution in [0.4, 0.5) is 0 Å². The Morgan fingerprint density at radius 3 is 1.86 bits per heavy atom. The minimum Gasteiger partial charge on any atom is -0.547 e. The van der Waals surface area contributed by atoms with E-state index in [1.54, 1.807) is 0 Å². The van der Waals surface area contributed by atoms with E-state index in [4.69, 9.17) is 25.5 Å². The molecular formula is C6H11O7Zn-. The van der Waals surface area contributed by atoms with Gasteiger partial charge in [0.2, 0.25) is 0 Å². The Morgan fingerprint density at radius 1 is 1.14 bits per heavy atom. The van der Waals surface area contributed by atoms with Gasteiger partial charge in [0.15, 0.2) is 0 Å². The van der Waals surface area contributed by atoms with Crippen LogP contribution in [0, 0.1) is 0 Å². The fourth-order valence-electron chi connectivity index (χ4n) is 0.662. The second-order valence-corrected chi connectivity index (χ2v) is 2.49. The molecule has 80 valence electrons. The molecule has 4 atom stereocenters. The largest absolute Gasteiger partial charge is 0.547 e. The minimum atomic E-state index is -2.31. The van der Waals surface area contributed by atoms with Crippen LogP contribution in [0.5, 0.6) is 0 Å². The SMILES string of the molecule is O=C([O-])[C@H](O)[C@@H](O)[C@H](O)[C@H](O)CO.[Zn]. The first-order valence-electron chi connectivity index (χ1n) is 3.45. The molecule has 0 amide bonds. The summed E-state index contributed by atoms with van der Waals surface area (Å²) < 4.78 is 0. The normalized spacial score (nSPS) is 18.9. The summed E-state index contributed by atoms with van der Waals surface area (Å²) in [4.78, 5) is 9.98. The molecule has 0 aromatic carbocycles. The van der Waals surface area contributed by atoms with Gasteiger partial charge in [-0.25, -0.2) is 0 Å². The molecule has 0 aliphatic carbocycles. The number of aliphatic hydroxyl groups is 5. The second kappa shape index (κ2) is 7.22. The first-order valence-corrected chi connectivity index (χ1v) is 3.45. The van der Waals surface area contributed by atoms with E-state index >= 15 is 0 Å². The molecular weight excluding hydrogens is 249 g/mol. The van der Waals surface area contributed by atoms with Crippen molar-refractivity contribution >= 4 is 5.97 Å². The monoisotopic (exact) mass is 259 g/mol. The molecule has 0 heterocycles. The van der Waals surface area contributed by atoms with E-state index in [9.17, 15) is 9.90 Å². The van der Waals surface area contributed by atoms with Crippen LogP contribution in [0.15, 0.2) is 0 Å². The molecule has 14 heavy (non-hydrogen) atoms. The van der Waals surface area contributed by atoms with Crippen LogP contribution in [-0.4, -0.2) is 62.5 Å². The quantitative estimate of drug-likeness (QED) is 0.312. The van der Waals surface area contributed by atoms with E-state index in [1.165, 1.54) is 0 Å². The zero-order chi connectivity index (χ0) is 10.6. The number of carbonyl (C=O) groups is 1. The van der Waals surface area contributed by atoms with Crippen molar-refractivity contribution in [2.45, 2.75) is 24.4 Å². The maximum absolute atomic E-state index is 9.98. The molecule has 0 saturated heterocycles. The number of carboxylic acids is 1. The van der Waals surface area contributed by atoms with Crippen molar-refractivity contribution in [3.05, 3.63) is 0 Å². The van der Waals surface area contributed by atoms with Gasteiger partial charge in [0, 0.05) is 19.5 Å². The smallest absolute Gasteiger partial charge is 0.122 e. The molecule has 0 unspecified atom stereocenters. The van der Waals surface area contributed by atoms with Crippen LogP contribution in [0.25, 0.3) is 0 Å². The Labute approximate surface area is 92.4 Å². The summed E-state index contributed by atoms with van der Waals surface area (Å²) in [7, 11) is 0. The van der Waals surface area contributed by atoms with Gasteiger partial charge in [0.05, 0.1) is 12.6 Å². The molecule has 0 aromatic heterocycles. The van der Waals surface area contributed by atoms with E-state index < -0.39 is 37.0 Å². The van der Waals surface area contributed by atoms with Gasteiger partial charge in [0.25, 0.3) is 0 Å². The van der Waals surface area contributed by atoms with Crippen molar-refractivity contribution in [2.75, 3.05) is 6.61 Å². The fourth-order valence-corrected chi connectivity index (χ4v) is 0.662. The standard InChI is InChI=1S/C6H12O7.Zn/c7-1-2(8)3(9)4(10)5(11)6(12)13;/h2-5,7-11H,1H2,(H,12,13);/p-1/t2-,3-,4+,5-;/m1./s1. The third-order valence-corrected chi connectivity index (χ3v) is 1.50. The first kappa shape index (κ1) is 16.3. The Morgan fingerprint density at radius 2 is 1.57 bits per heavy atom. The summed E-state index contributed by atoms with van der Waals surface area (Å²) in [5.41, 5.74) is 0. The molecule has 0 aliphatic heterocycles. The number of aliphatic hydroxyl groups excluding tert-OH is 5. The van der Waals surface area contributed by atoms with E-state index in [0.29, 0.717) is 0 Å². The van der Waals surface area contributed by atoms with Gasteiger partial charge in [0.1, 0.15) is 24.4 Å². The van der Waals surface area contributed by atoms with E-state index in [0.717, 1.165) is 0 Å². The van der Waals surface area contributed by atoms with Crippen molar-refractivity contribution in [2.24, 2.45) is 0 Å². The molecule has 7 nitrogen and oxygen atoms in total. The molecule has 0 fully saturated rings. The molecule has 0 rings (SSSR count). The molecule has 0 aliphatic rings. The molecule has 0 saturated carbocycles. The van der Waals surface area contributed by atoms with Gasteiger partial charge < -0.3 is 35.4 Å². The summed E-state index contributed by atoms with van der Waals surface area (Å²) in [5, 5.41) is 53.4. The number of hydrogen-bond donors (Lipinski definition) is 5. The predicted octanol–water partition coefficient (Wildman–Crippen LogP) is -4.83. The third kappa shape index (κ3) is 4.41. The predicted molar refractivity (Wildman–Crippen MR) is 36.1 cm³/mol. The maximum atomic E-state index is 9.98. The number of aliphatic carboxylic acids is 1. The van der Waals surface area contributed by atoms with Gasteiger partial charge >= 0.3 is 0 Å². The van der Waals surface area contributed by atoms with Crippen LogP contribution >= 0.6 is 0 Å². The molecule has 0 bridgehead atoms. The first-order chi connectivity index (χ1) is 5.91. The van der Waals surface area contributed by atoms with Gasteiger partial charge in [-0.2, -0.15) is 0 Å². The summed E-state index contributed by atoms with van der Waals surface area (Å²) in [5.74, 6) is -1.98. The Bertz CT molecular complexity index is 176. The van der Waals surface area contributed by atoms with Crippen LogP contribution in [-0.2, 0) is 24.3 Å². The Hall–Kier alpha value is -0.107. The van der Waals surface area contributed by atoms with Gasteiger partial charge in [-0.1, -0.05) is 0 Å². The summed E-state index contributed by atoms with van der Waals surface area (Å²) >= 11 is 0. The maximum Gasteiger partial charge on any atom is 0.122 e. The summed E-state index contributed by atoms with van der Waals surface area (Å²) in [6, 6.07) is 0. The van der Waals surface area contributed by atoms with Gasteiger partial charge in [-0.15, -0.1) is 0 Å². The van der Waals surface area contributed by atoms with Gasteiger partial charge in [-0.05, 0) is 0 Å². The van der Waals surface area contributed by atoms with Crippen LogP contribution in [0.3, 0.4) is 0 Å². The number of hydrogen-bond acceptors (Lipinski definition) is 7. The average molecular weight is 261 g/mol. The summed E-state index contributed by atoms with van der Waals surface area (Å²) in [6.07, 6.45) is -8.08. The van der Waals surface area contributed by atoms with Crippen molar-refractivity contribution in [3.8, 4) is 0 Å². The number of carboxylic acid groups (broad SMARTS) is 1. The summed E-state index contributed by atoms with van der Waals surface area (Å²) in [6.45, 7) is -0.863. The van der Waals surface area contributed by atoms with Crippen LogP contribution in [0.2, 0.25) is 0 Å². The fraction of sp³-hybridized carbons (Fsp3) is 0.833. The Kier molecular flexibility index (Phi) is 8.42. The molecule has 8 heteroatoms. The van der Waals surface area contributed by atoms with Crippen molar-refractivity contribution in [3.63, 3.8) is 0 Å². The number of rotatable bonds is 5. The van der Waals surface area contributed by atoms with Crippen molar-refractivity contribution < 1.29 is 54.9 Å². The third-order valence-electron chi connectivity index (χ3n) is 1.50. The van der Waals surface area contributed by atoms with Crippen molar-refractivity contribution in [1.29, 1.82) is 0 Å². The second-order valence-electron chi connectivity index (χ2n) is 2.49. The average Bonchev–Trinajstić information content (AvgIpc) is 2.12. The number of carbonyl (C=O) groups excluding carboxylic acids is 1. The topological polar surface area (TPSA) is 141 Å². The van der Waals surface area contributed by atoms with E-state index in [1.807, 2.05) is 0 Å². The Balaban J connectivity index is 0. The molecule has 5 N–H and O–H groups in total. The molecule has 0 radical (unpaired) electrons. The van der Waals surface area contributed by atoms with Crippen LogP contribution in [0.1, 0.15) is 0 Å². The van der Waals surface area contributed by atoms with Crippen LogP contribution < -0.4 is 5.11 Å². The van der Waals surface area contributed by atoms with Gasteiger partial charge in [-0.3, -0.25) is 0 Å². The zero-order valence-electron chi connectivity index (χ0n) is 7.28. The zero-order valence-corrected chi connectivity index (χ0v) is 10.2. The van der Waals surface area contributed by atoms with Crippen molar-refractivity contribution in [1.82, 2.24) is 0 Å². The molecule has 0 spiro atoms. The van der Waals surface area contributed by atoms with E-state index in [-0.39, 0.29) is 19.5 Å².